The van der Waals surface area contributed by atoms with Gasteiger partial charge in [0.15, 0.2) is 0 Å². The quantitative estimate of drug-likeness (QED) is 0.758. The van der Waals surface area contributed by atoms with Gasteiger partial charge in [0.2, 0.25) is 11.8 Å². The monoisotopic (exact) mass is 268 g/mol. The van der Waals surface area contributed by atoms with Crippen molar-refractivity contribution in [1.82, 2.24) is 9.80 Å². The predicted octanol–water partition coefficient (Wildman–Crippen LogP) is 0.618. The molecule has 2 aliphatic rings. The molecule has 0 aromatic rings. The Morgan fingerprint density at radius 2 is 1.89 bits per heavy atom. The molecule has 5 heteroatoms. The number of carbonyl (C=O) groups excluding carboxylic acids is 2. The summed E-state index contributed by atoms with van der Waals surface area (Å²) in [5, 5.41) is 10.1. The standard InChI is InChI=1S/C14H24N2O3/c1-11(17)15-7-3-5-12(9-15)13(18)16-8-4-6-14(2,19)10-16/h12,19H,3-10H2,1-2H3. The third-order valence-electron chi connectivity index (χ3n) is 4.20. The van der Waals surface area contributed by atoms with E-state index in [0.717, 1.165) is 38.8 Å². The number of hydrogen-bond acceptors (Lipinski definition) is 3. The maximum atomic E-state index is 12.5. The van der Waals surface area contributed by atoms with E-state index in [0.29, 0.717) is 13.1 Å². The van der Waals surface area contributed by atoms with Gasteiger partial charge in [0.05, 0.1) is 11.5 Å². The molecule has 1 N–H and O–H groups in total. The van der Waals surface area contributed by atoms with E-state index in [4.69, 9.17) is 0 Å². The van der Waals surface area contributed by atoms with Gasteiger partial charge in [-0.15, -0.1) is 0 Å². The van der Waals surface area contributed by atoms with E-state index < -0.39 is 5.60 Å². The van der Waals surface area contributed by atoms with Crippen molar-refractivity contribution in [3.63, 3.8) is 0 Å². The summed E-state index contributed by atoms with van der Waals surface area (Å²) in [6, 6.07) is 0. The number of β-amino-alcohol motifs (C(OH)–C–C–N with tert-alkyl or cyclic N) is 1. The lowest BCUT2D eigenvalue weighted by Crippen LogP contribution is -2.52. The van der Waals surface area contributed by atoms with E-state index >= 15 is 0 Å². The summed E-state index contributed by atoms with van der Waals surface area (Å²) in [7, 11) is 0. The Kier molecular flexibility index (Phi) is 4.13. The normalized spacial score (nSPS) is 32.3. The lowest BCUT2D eigenvalue weighted by atomic mass is 9.91. The van der Waals surface area contributed by atoms with Gasteiger partial charge in [-0.2, -0.15) is 0 Å². The summed E-state index contributed by atoms with van der Waals surface area (Å²) in [4.78, 5) is 27.4. The van der Waals surface area contributed by atoms with Crippen molar-refractivity contribution in [3.05, 3.63) is 0 Å². The highest BCUT2D eigenvalue weighted by molar-refractivity contribution is 5.81. The summed E-state index contributed by atoms with van der Waals surface area (Å²) in [6.45, 7) is 5.78. The second-order valence-corrected chi connectivity index (χ2v) is 6.16. The molecular weight excluding hydrogens is 244 g/mol. The van der Waals surface area contributed by atoms with Gasteiger partial charge in [0.1, 0.15) is 0 Å². The average molecular weight is 268 g/mol. The van der Waals surface area contributed by atoms with Crippen LogP contribution in [0.15, 0.2) is 0 Å². The van der Waals surface area contributed by atoms with Crippen LogP contribution in [0.25, 0.3) is 0 Å². The molecule has 2 aliphatic heterocycles. The Labute approximate surface area is 114 Å². The Hall–Kier alpha value is -1.10. The molecule has 0 spiro atoms. The first-order chi connectivity index (χ1) is 8.89. The van der Waals surface area contributed by atoms with Crippen molar-refractivity contribution >= 4 is 11.8 Å². The molecule has 19 heavy (non-hydrogen) atoms. The minimum Gasteiger partial charge on any atom is -0.388 e. The van der Waals surface area contributed by atoms with Crippen molar-refractivity contribution in [2.24, 2.45) is 5.92 Å². The molecule has 2 rings (SSSR count). The van der Waals surface area contributed by atoms with Gasteiger partial charge >= 0.3 is 0 Å². The largest absolute Gasteiger partial charge is 0.388 e. The second-order valence-electron chi connectivity index (χ2n) is 6.16. The maximum absolute atomic E-state index is 12.5. The highest BCUT2D eigenvalue weighted by Crippen LogP contribution is 2.25. The van der Waals surface area contributed by atoms with Crippen LogP contribution < -0.4 is 0 Å². The number of hydrogen-bond donors (Lipinski definition) is 1. The number of piperidine rings is 2. The van der Waals surface area contributed by atoms with Crippen LogP contribution in [0.2, 0.25) is 0 Å². The van der Waals surface area contributed by atoms with E-state index in [2.05, 4.69) is 0 Å². The zero-order chi connectivity index (χ0) is 14.0. The molecular formula is C14H24N2O3. The Balaban J connectivity index is 1.97. The zero-order valence-electron chi connectivity index (χ0n) is 11.9. The average Bonchev–Trinajstić information content (AvgIpc) is 2.37. The highest BCUT2D eigenvalue weighted by atomic mass is 16.3. The summed E-state index contributed by atoms with van der Waals surface area (Å²) >= 11 is 0. The van der Waals surface area contributed by atoms with Crippen molar-refractivity contribution in [1.29, 1.82) is 0 Å². The second kappa shape index (κ2) is 5.49. The fourth-order valence-corrected chi connectivity index (χ4v) is 3.13. The van der Waals surface area contributed by atoms with E-state index in [9.17, 15) is 14.7 Å². The minimum atomic E-state index is -0.761. The Bertz CT molecular complexity index is 368. The van der Waals surface area contributed by atoms with Crippen molar-refractivity contribution in [2.75, 3.05) is 26.2 Å². The first kappa shape index (κ1) is 14.3. The predicted molar refractivity (Wildman–Crippen MR) is 71.4 cm³/mol. The van der Waals surface area contributed by atoms with Crippen molar-refractivity contribution < 1.29 is 14.7 Å². The van der Waals surface area contributed by atoms with Crippen molar-refractivity contribution in [2.45, 2.75) is 45.1 Å². The van der Waals surface area contributed by atoms with Gasteiger partial charge in [-0.25, -0.2) is 0 Å². The van der Waals surface area contributed by atoms with E-state index in [1.807, 2.05) is 0 Å². The van der Waals surface area contributed by atoms with Crippen LogP contribution in [-0.4, -0.2) is 58.5 Å². The molecule has 2 heterocycles. The number of carbonyl (C=O) groups is 2. The first-order valence-corrected chi connectivity index (χ1v) is 7.16. The third-order valence-corrected chi connectivity index (χ3v) is 4.20. The number of rotatable bonds is 1. The van der Waals surface area contributed by atoms with E-state index in [1.165, 1.54) is 0 Å². The Morgan fingerprint density at radius 1 is 1.21 bits per heavy atom. The van der Waals surface area contributed by atoms with Gasteiger partial charge in [-0.05, 0) is 32.6 Å². The molecule has 2 amide bonds. The van der Waals surface area contributed by atoms with E-state index in [-0.39, 0.29) is 17.7 Å². The minimum absolute atomic E-state index is 0.0446. The van der Waals surface area contributed by atoms with Crippen LogP contribution in [0.4, 0.5) is 0 Å². The molecule has 2 unspecified atom stereocenters. The summed E-state index contributed by atoms with van der Waals surface area (Å²) in [5.74, 6) is 0.0561. The summed E-state index contributed by atoms with van der Waals surface area (Å²) in [6.07, 6.45) is 3.34. The zero-order valence-corrected chi connectivity index (χ0v) is 11.9. The molecule has 2 fully saturated rings. The van der Waals surface area contributed by atoms with Gasteiger partial charge in [0.25, 0.3) is 0 Å². The van der Waals surface area contributed by atoms with Crippen LogP contribution in [0.3, 0.4) is 0 Å². The molecule has 108 valence electrons. The van der Waals surface area contributed by atoms with Gasteiger partial charge in [-0.3, -0.25) is 9.59 Å². The van der Waals surface area contributed by atoms with Crippen molar-refractivity contribution in [3.8, 4) is 0 Å². The van der Waals surface area contributed by atoms with Crippen LogP contribution in [0.5, 0.6) is 0 Å². The Morgan fingerprint density at radius 3 is 2.53 bits per heavy atom. The van der Waals surface area contributed by atoms with Crippen LogP contribution in [-0.2, 0) is 9.59 Å². The summed E-state index contributed by atoms with van der Waals surface area (Å²) in [5.41, 5.74) is -0.761. The number of amides is 2. The maximum Gasteiger partial charge on any atom is 0.227 e. The van der Waals surface area contributed by atoms with Crippen LogP contribution >= 0.6 is 0 Å². The molecule has 2 atom stereocenters. The number of nitrogens with zero attached hydrogens (tertiary/aromatic N) is 2. The molecule has 0 aromatic carbocycles. The molecule has 2 saturated heterocycles. The molecule has 0 aliphatic carbocycles. The molecule has 5 nitrogen and oxygen atoms in total. The number of likely N-dealkylation sites (tertiary alicyclic amines) is 2. The van der Waals surface area contributed by atoms with Gasteiger partial charge < -0.3 is 14.9 Å². The van der Waals surface area contributed by atoms with E-state index in [1.54, 1.807) is 23.6 Å². The van der Waals surface area contributed by atoms with Crippen LogP contribution in [0.1, 0.15) is 39.5 Å². The highest BCUT2D eigenvalue weighted by Gasteiger charge is 2.35. The number of aliphatic hydroxyl groups is 1. The summed E-state index contributed by atoms with van der Waals surface area (Å²) < 4.78 is 0. The fourth-order valence-electron chi connectivity index (χ4n) is 3.13. The fraction of sp³-hybridized carbons (Fsp3) is 0.857. The smallest absolute Gasteiger partial charge is 0.227 e. The molecule has 0 aromatic heterocycles. The van der Waals surface area contributed by atoms with Gasteiger partial charge in [0, 0.05) is 33.1 Å². The molecule has 0 bridgehead atoms. The van der Waals surface area contributed by atoms with Crippen LogP contribution in [0, 0.1) is 5.92 Å². The SMILES string of the molecule is CC(=O)N1CCCC(C(=O)N2CCCC(C)(O)C2)C1. The topological polar surface area (TPSA) is 60.9 Å². The lowest BCUT2D eigenvalue weighted by Gasteiger charge is -2.40. The molecule has 0 saturated carbocycles. The van der Waals surface area contributed by atoms with Gasteiger partial charge in [-0.1, -0.05) is 0 Å². The molecule has 0 radical (unpaired) electrons. The first-order valence-electron chi connectivity index (χ1n) is 7.16. The third kappa shape index (κ3) is 3.47. The lowest BCUT2D eigenvalue weighted by molar-refractivity contribution is -0.145.